The van der Waals surface area contributed by atoms with Crippen LogP contribution in [0.2, 0.25) is 0 Å². The van der Waals surface area contributed by atoms with E-state index in [0.717, 1.165) is 22.4 Å². The average Bonchev–Trinajstić information content (AvgIpc) is 2.34. The highest BCUT2D eigenvalue weighted by molar-refractivity contribution is 5.69. The highest BCUT2D eigenvalue weighted by atomic mass is 16.5. The molecule has 2 unspecified atom stereocenters. The third-order valence-corrected chi connectivity index (χ3v) is 3.39. The Bertz CT molecular complexity index is 457. The summed E-state index contributed by atoms with van der Waals surface area (Å²) < 4.78 is 5.47. The van der Waals surface area contributed by atoms with Crippen LogP contribution in [0.5, 0.6) is 5.75 Å². The molecule has 2 atom stereocenters. The van der Waals surface area contributed by atoms with Crippen molar-refractivity contribution in [3.63, 3.8) is 0 Å². The van der Waals surface area contributed by atoms with Gasteiger partial charge in [0.25, 0.3) is 0 Å². The smallest absolute Gasteiger partial charge is 0.306 e. The topological polar surface area (TPSA) is 58.6 Å². The van der Waals surface area contributed by atoms with Crippen molar-refractivity contribution in [1.29, 1.82) is 0 Å². The van der Waals surface area contributed by atoms with Gasteiger partial charge in [-0.2, -0.15) is 0 Å². The summed E-state index contributed by atoms with van der Waals surface area (Å²) in [4.78, 5) is 11.0. The van der Waals surface area contributed by atoms with Crippen molar-refractivity contribution in [3.8, 4) is 5.75 Å². The molecule has 0 bridgehead atoms. The number of aliphatic carboxylic acids is 1. The van der Waals surface area contributed by atoms with Crippen molar-refractivity contribution in [2.75, 3.05) is 14.2 Å². The molecule has 0 heterocycles. The number of benzene rings is 1. The Labute approximate surface area is 114 Å². The van der Waals surface area contributed by atoms with Gasteiger partial charge in [-0.15, -0.1) is 0 Å². The van der Waals surface area contributed by atoms with Crippen LogP contribution in [0.4, 0.5) is 0 Å². The minimum atomic E-state index is -0.774. The van der Waals surface area contributed by atoms with Crippen LogP contribution in [0.25, 0.3) is 0 Å². The number of carbonyl (C=O) groups is 1. The van der Waals surface area contributed by atoms with Gasteiger partial charge < -0.3 is 15.2 Å². The zero-order valence-corrected chi connectivity index (χ0v) is 12.3. The van der Waals surface area contributed by atoms with E-state index >= 15 is 0 Å². The molecule has 0 amide bonds. The van der Waals surface area contributed by atoms with E-state index in [9.17, 15) is 4.79 Å². The summed E-state index contributed by atoms with van der Waals surface area (Å²) in [6.45, 7) is 5.76. The second-order valence-corrected chi connectivity index (χ2v) is 5.02. The molecule has 0 radical (unpaired) electrons. The average molecular weight is 265 g/mol. The fourth-order valence-corrected chi connectivity index (χ4v) is 2.38. The van der Waals surface area contributed by atoms with Crippen molar-refractivity contribution in [3.05, 3.63) is 28.8 Å². The number of rotatable bonds is 6. The number of hydrogen-bond donors (Lipinski definition) is 2. The predicted molar refractivity (Wildman–Crippen MR) is 75.7 cm³/mol. The van der Waals surface area contributed by atoms with Gasteiger partial charge >= 0.3 is 5.97 Å². The minimum absolute atomic E-state index is 0.0281. The maximum absolute atomic E-state index is 11.0. The van der Waals surface area contributed by atoms with Crippen LogP contribution in [-0.4, -0.2) is 25.2 Å². The van der Waals surface area contributed by atoms with Gasteiger partial charge in [-0.1, -0.05) is 24.6 Å². The molecule has 1 aromatic rings. The quantitative estimate of drug-likeness (QED) is 0.830. The standard InChI is InChI=1S/C15H23NO3/c1-9-6-10(2)14(19-5)12(7-9)13(16-4)8-11(3)15(17)18/h6-7,11,13,16H,8H2,1-5H3,(H,17,18). The van der Waals surface area contributed by atoms with Gasteiger partial charge in [0.15, 0.2) is 0 Å². The highest BCUT2D eigenvalue weighted by Crippen LogP contribution is 2.33. The molecule has 0 aromatic heterocycles. The van der Waals surface area contributed by atoms with Crippen molar-refractivity contribution >= 4 is 5.97 Å². The lowest BCUT2D eigenvalue weighted by molar-refractivity contribution is -0.141. The van der Waals surface area contributed by atoms with Gasteiger partial charge in [-0.05, 0) is 32.9 Å². The molecule has 0 saturated heterocycles. The zero-order valence-electron chi connectivity index (χ0n) is 12.3. The summed E-state index contributed by atoms with van der Waals surface area (Å²) in [5.74, 6) is -0.339. The van der Waals surface area contributed by atoms with Crippen LogP contribution in [0.15, 0.2) is 12.1 Å². The maximum Gasteiger partial charge on any atom is 0.306 e. The van der Waals surface area contributed by atoms with E-state index in [1.54, 1.807) is 14.0 Å². The van der Waals surface area contributed by atoms with Crippen molar-refractivity contribution < 1.29 is 14.6 Å². The van der Waals surface area contributed by atoms with Crippen LogP contribution in [0.3, 0.4) is 0 Å². The van der Waals surface area contributed by atoms with Crippen LogP contribution in [-0.2, 0) is 4.79 Å². The third-order valence-electron chi connectivity index (χ3n) is 3.39. The molecular weight excluding hydrogens is 242 g/mol. The van der Waals surface area contributed by atoms with Gasteiger partial charge in [0.05, 0.1) is 13.0 Å². The molecule has 0 aliphatic heterocycles. The van der Waals surface area contributed by atoms with Gasteiger partial charge in [0.2, 0.25) is 0 Å². The molecule has 1 rings (SSSR count). The fraction of sp³-hybridized carbons (Fsp3) is 0.533. The van der Waals surface area contributed by atoms with Crippen molar-refractivity contribution in [2.24, 2.45) is 5.92 Å². The van der Waals surface area contributed by atoms with E-state index in [1.165, 1.54) is 0 Å². The lowest BCUT2D eigenvalue weighted by Crippen LogP contribution is -2.23. The lowest BCUT2D eigenvalue weighted by Gasteiger charge is -2.23. The number of aryl methyl sites for hydroxylation is 2. The summed E-state index contributed by atoms with van der Waals surface area (Å²) in [5.41, 5.74) is 3.24. The molecule has 19 heavy (non-hydrogen) atoms. The van der Waals surface area contributed by atoms with Crippen LogP contribution >= 0.6 is 0 Å². The fourth-order valence-electron chi connectivity index (χ4n) is 2.38. The van der Waals surface area contributed by atoms with E-state index in [2.05, 4.69) is 17.4 Å². The normalized spacial score (nSPS) is 13.9. The Balaban J connectivity index is 3.13. The number of carboxylic acid groups (broad SMARTS) is 1. The summed E-state index contributed by atoms with van der Waals surface area (Å²) in [5, 5.41) is 12.2. The summed E-state index contributed by atoms with van der Waals surface area (Å²) in [6, 6.07) is 4.09. The van der Waals surface area contributed by atoms with E-state index in [-0.39, 0.29) is 6.04 Å². The number of hydrogen-bond acceptors (Lipinski definition) is 3. The van der Waals surface area contributed by atoms with Gasteiger partial charge in [-0.25, -0.2) is 0 Å². The summed E-state index contributed by atoms with van der Waals surface area (Å²) in [6.07, 6.45) is 0.533. The van der Waals surface area contributed by atoms with Gasteiger partial charge in [0.1, 0.15) is 5.75 Å². The molecule has 0 fully saturated rings. The SMILES string of the molecule is CNC(CC(C)C(=O)O)c1cc(C)cc(C)c1OC. The van der Waals surface area contributed by atoms with Gasteiger partial charge in [-0.3, -0.25) is 4.79 Å². The van der Waals surface area contributed by atoms with Crippen LogP contribution < -0.4 is 10.1 Å². The Kier molecular flexibility index (Phi) is 5.36. The molecule has 0 aliphatic carbocycles. The molecule has 1 aromatic carbocycles. The first-order valence-electron chi connectivity index (χ1n) is 6.45. The van der Waals surface area contributed by atoms with Crippen molar-refractivity contribution in [2.45, 2.75) is 33.2 Å². The molecule has 0 saturated carbocycles. The monoisotopic (exact) mass is 265 g/mol. The Morgan fingerprint density at radius 3 is 2.53 bits per heavy atom. The second-order valence-electron chi connectivity index (χ2n) is 5.02. The zero-order chi connectivity index (χ0) is 14.6. The van der Waals surface area contributed by atoms with E-state index < -0.39 is 11.9 Å². The number of methoxy groups -OCH3 is 1. The summed E-state index contributed by atoms with van der Waals surface area (Å²) >= 11 is 0. The number of ether oxygens (including phenoxy) is 1. The third kappa shape index (κ3) is 3.70. The highest BCUT2D eigenvalue weighted by Gasteiger charge is 2.22. The lowest BCUT2D eigenvalue weighted by atomic mass is 9.93. The first-order valence-corrected chi connectivity index (χ1v) is 6.45. The van der Waals surface area contributed by atoms with Crippen LogP contribution in [0.1, 0.15) is 36.1 Å². The molecule has 2 N–H and O–H groups in total. The number of nitrogens with one attached hydrogen (secondary N) is 1. The first-order chi connectivity index (χ1) is 8.90. The van der Waals surface area contributed by atoms with E-state index in [1.807, 2.05) is 20.9 Å². The molecule has 106 valence electrons. The predicted octanol–water partition coefficient (Wildman–Crippen LogP) is 2.68. The van der Waals surface area contributed by atoms with E-state index in [0.29, 0.717) is 6.42 Å². The van der Waals surface area contributed by atoms with Crippen LogP contribution in [0, 0.1) is 19.8 Å². The molecule has 4 heteroatoms. The Morgan fingerprint density at radius 2 is 2.05 bits per heavy atom. The Hall–Kier alpha value is -1.55. The first kappa shape index (κ1) is 15.5. The van der Waals surface area contributed by atoms with Gasteiger partial charge in [0, 0.05) is 11.6 Å². The number of carboxylic acids is 1. The van der Waals surface area contributed by atoms with Crippen molar-refractivity contribution in [1.82, 2.24) is 5.32 Å². The molecule has 4 nitrogen and oxygen atoms in total. The minimum Gasteiger partial charge on any atom is -0.496 e. The largest absolute Gasteiger partial charge is 0.496 e. The molecule has 0 spiro atoms. The summed E-state index contributed by atoms with van der Waals surface area (Å²) in [7, 11) is 3.49. The maximum atomic E-state index is 11.0. The Morgan fingerprint density at radius 1 is 1.42 bits per heavy atom. The molecule has 0 aliphatic rings. The second kappa shape index (κ2) is 6.57. The molecular formula is C15H23NO3. The van der Waals surface area contributed by atoms with E-state index in [4.69, 9.17) is 9.84 Å².